The van der Waals surface area contributed by atoms with Crippen molar-refractivity contribution >= 4 is 11.8 Å². The molecule has 0 radical (unpaired) electrons. The van der Waals surface area contributed by atoms with Crippen LogP contribution in [0.3, 0.4) is 0 Å². The van der Waals surface area contributed by atoms with Crippen LogP contribution in [0.2, 0.25) is 0 Å². The second-order valence-electron chi connectivity index (χ2n) is 3.07. The van der Waals surface area contributed by atoms with Gasteiger partial charge < -0.3 is 15.2 Å². The summed E-state index contributed by atoms with van der Waals surface area (Å²) in [7, 11) is 1.51. The van der Waals surface area contributed by atoms with Gasteiger partial charge >= 0.3 is 5.97 Å². The predicted octanol–water partition coefficient (Wildman–Crippen LogP) is 0.618. The minimum Gasteiger partial charge on any atom is -0.481 e. The summed E-state index contributed by atoms with van der Waals surface area (Å²) in [5, 5.41) is 11.6. The number of aromatic nitrogens is 2. The minimum atomic E-state index is -0.844. The summed E-state index contributed by atoms with van der Waals surface area (Å²) in [4.78, 5) is 18.3. The topological polar surface area (TPSA) is 84.3 Å². The summed E-state index contributed by atoms with van der Waals surface area (Å²) in [6, 6.07) is 1.61. The highest BCUT2D eigenvalue weighted by molar-refractivity contribution is 5.70. The molecule has 1 aromatic rings. The van der Waals surface area contributed by atoms with E-state index in [0.717, 1.165) is 0 Å². The van der Waals surface area contributed by atoms with Crippen molar-refractivity contribution in [3.8, 4) is 5.88 Å². The average molecular weight is 211 g/mol. The van der Waals surface area contributed by atoms with E-state index in [2.05, 4.69) is 15.3 Å². The summed E-state index contributed by atoms with van der Waals surface area (Å²) in [6.07, 6.45) is 1.35. The maximum Gasteiger partial charge on any atom is 0.308 e. The Bertz CT molecular complexity index is 343. The third kappa shape index (κ3) is 3.41. The fraction of sp³-hybridized carbons (Fsp3) is 0.444. The number of nitrogens with zero attached hydrogens (tertiary/aromatic N) is 2. The van der Waals surface area contributed by atoms with Crippen molar-refractivity contribution in [1.29, 1.82) is 0 Å². The molecule has 1 atom stereocenters. The van der Waals surface area contributed by atoms with E-state index in [4.69, 9.17) is 9.84 Å². The van der Waals surface area contributed by atoms with Crippen molar-refractivity contribution in [2.24, 2.45) is 5.92 Å². The molecule has 0 spiro atoms. The lowest BCUT2D eigenvalue weighted by molar-refractivity contribution is -0.140. The second kappa shape index (κ2) is 5.14. The van der Waals surface area contributed by atoms with E-state index in [1.165, 1.54) is 13.4 Å². The molecule has 0 aliphatic heterocycles. The molecule has 0 fully saturated rings. The molecule has 0 aromatic carbocycles. The number of hydrogen-bond donors (Lipinski definition) is 2. The van der Waals surface area contributed by atoms with Crippen LogP contribution in [0.4, 0.5) is 5.82 Å². The van der Waals surface area contributed by atoms with Gasteiger partial charge in [-0.1, -0.05) is 6.92 Å². The molecule has 6 nitrogen and oxygen atoms in total. The molecule has 82 valence electrons. The van der Waals surface area contributed by atoms with Crippen molar-refractivity contribution in [3.63, 3.8) is 0 Å². The van der Waals surface area contributed by atoms with Crippen LogP contribution in [0.25, 0.3) is 0 Å². The van der Waals surface area contributed by atoms with E-state index >= 15 is 0 Å². The van der Waals surface area contributed by atoms with Gasteiger partial charge in [-0.3, -0.25) is 4.79 Å². The lowest BCUT2D eigenvalue weighted by Gasteiger charge is -2.08. The number of carboxylic acids is 1. The fourth-order valence-corrected chi connectivity index (χ4v) is 0.893. The van der Waals surface area contributed by atoms with Gasteiger partial charge in [0.2, 0.25) is 5.88 Å². The van der Waals surface area contributed by atoms with Crippen molar-refractivity contribution in [1.82, 2.24) is 9.97 Å². The van der Waals surface area contributed by atoms with Crippen molar-refractivity contribution < 1.29 is 14.6 Å². The largest absolute Gasteiger partial charge is 0.481 e. The van der Waals surface area contributed by atoms with E-state index in [1.807, 2.05) is 0 Å². The maximum atomic E-state index is 10.5. The molecule has 1 unspecified atom stereocenters. The fourth-order valence-electron chi connectivity index (χ4n) is 0.893. The number of ether oxygens (including phenoxy) is 1. The number of nitrogens with one attached hydrogen (secondary N) is 1. The van der Waals surface area contributed by atoms with Crippen molar-refractivity contribution in [2.75, 3.05) is 19.0 Å². The second-order valence-corrected chi connectivity index (χ2v) is 3.07. The Morgan fingerprint density at radius 1 is 1.67 bits per heavy atom. The summed E-state index contributed by atoms with van der Waals surface area (Å²) in [6.45, 7) is 1.93. The molecule has 15 heavy (non-hydrogen) atoms. The minimum absolute atomic E-state index is 0.315. The normalized spacial score (nSPS) is 11.9. The van der Waals surface area contributed by atoms with E-state index < -0.39 is 11.9 Å². The highest BCUT2D eigenvalue weighted by Crippen LogP contribution is 2.10. The van der Waals surface area contributed by atoms with Gasteiger partial charge in [0.15, 0.2) is 0 Å². The van der Waals surface area contributed by atoms with Gasteiger partial charge in [0, 0.05) is 12.6 Å². The predicted molar refractivity (Wildman–Crippen MR) is 53.9 cm³/mol. The zero-order valence-corrected chi connectivity index (χ0v) is 8.60. The van der Waals surface area contributed by atoms with Crippen LogP contribution in [0.5, 0.6) is 5.88 Å². The summed E-state index contributed by atoms with van der Waals surface area (Å²) < 4.78 is 4.90. The van der Waals surface area contributed by atoms with Crippen LogP contribution in [0.1, 0.15) is 6.92 Å². The van der Waals surface area contributed by atoms with E-state index in [9.17, 15) is 4.79 Å². The standard InChI is InChI=1S/C9H13N3O3/c1-6(9(13)14)4-10-7-3-8(15-2)12-5-11-7/h3,5-6H,4H2,1-2H3,(H,13,14)(H,10,11,12). The van der Waals surface area contributed by atoms with Crippen LogP contribution >= 0.6 is 0 Å². The number of hydrogen-bond acceptors (Lipinski definition) is 5. The number of anilines is 1. The molecule has 0 aliphatic rings. The van der Waals surface area contributed by atoms with Crippen molar-refractivity contribution in [3.05, 3.63) is 12.4 Å². The molecule has 0 amide bonds. The van der Waals surface area contributed by atoms with Crippen LogP contribution in [-0.4, -0.2) is 34.7 Å². The third-order valence-corrected chi connectivity index (χ3v) is 1.86. The molecule has 1 heterocycles. The lowest BCUT2D eigenvalue weighted by Crippen LogP contribution is -2.20. The number of carboxylic acid groups (broad SMARTS) is 1. The summed E-state index contributed by atoms with van der Waals surface area (Å²) >= 11 is 0. The van der Waals surface area contributed by atoms with Crippen LogP contribution in [-0.2, 0) is 4.79 Å². The van der Waals surface area contributed by atoms with Gasteiger partial charge in [0.05, 0.1) is 13.0 Å². The smallest absolute Gasteiger partial charge is 0.308 e. The Morgan fingerprint density at radius 2 is 2.40 bits per heavy atom. The Kier molecular flexibility index (Phi) is 3.84. The maximum absolute atomic E-state index is 10.5. The SMILES string of the molecule is COc1cc(NCC(C)C(=O)O)ncn1. The molecule has 1 aromatic heterocycles. The number of carbonyl (C=O) groups is 1. The van der Waals surface area contributed by atoms with Gasteiger partial charge in [0.25, 0.3) is 0 Å². The van der Waals surface area contributed by atoms with Crippen molar-refractivity contribution in [2.45, 2.75) is 6.92 Å². The molecular formula is C9H13N3O3. The van der Waals surface area contributed by atoms with Crippen LogP contribution in [0.15, 0.2) is 12.4 Å². The molecule has 0 aliphatic carbocycles. The van der Waals surface area contributed by atoms with E-state index in [0.29, 0.717) is 18.2 Å². The van der Waals surface area contributed by atoms with Crippen LogP contribution < -0.4 is 10.1 Å². The zero-order chi connectivity index (χ0) is 11.3. The Morgan fingerprint density at radius 3 is 3.00 bits per heavy atom. The van der Waals surface area contributed by atoms with E-state index in [-0.39, 0.29) is 0 Å². The lowest BCUT2D eigenvalue weighted by atomic mass is 10.2. The first-order chi connectivity index (χ1) is 7.13. The summed E-state index contributed by atoms with van der Waals surface area (Å²) in [5.41, 5.74) is 0. The first kappa shape index (κ1) is 11.2. The first-order valence-electron chi connectivity index (χ1n) is 4.46. The van der Waals surface area contributed by atoms with Gasteiger partial charge in [-0.05, 0) is 0 Å². The number of rotatable bonds is 5. The van der Waals surface area contributed by atoms with Gasteiger partial charge in [-0.2, -0.15) is 0 Å². The Balaban J connectivity index is 2.53. The summed E-state index contributed by atoms with van der Waals surface area (Å²) in [5.74, 6) is -0.320. The third-order valence-electron chi connectivity index (χ3n) is 1.86. The highest BCUT2D eigenvalue weighted by Gasteiger charge is 2.10. The van der Waals surface area contributed by atoms with Gasteiger partial charge in [-0.15, -0.1) is 0 Å². The molecular weight excluding hydrogens is 198 g/mol. The van der Waals surface area contributed by atoms with Gasteiger partial charge in [0.1, 0.15) is 12.1 Å². The average Bonchev–Trinajstić information content (AvgIpc) is 2.26. The molecule has 2 N–H and O–H groups in total. The van der Waals surface area contributed by atoms with Crippen LogP contribution in [0, 0.1) is 5.92 Å². The quantitative estimate of drug-likeness (QED) is 0.742. The first-order valence-corrected chi connectivity index (χ1v) is 4.46. The molecule has 0 saturated heterocycles. The zero-order valence-electron chi connectivity index (χ0n) is 8.60. The molecule has 1 rings (SSSR count). The van der Waals surface area contributed by atoms with Gasteiger partial charge in [-0.25, -0.2) is 9.97 Å². The molecule has 0 saturated carbocycles. The molecule has 6 heteroatoms. The number of methoxy groups -OCH3 is 1. The Hall–Kier alpha value is -1.85. The number of aliphatic carboxylic acids is 1. The Labute approximate surface area is 87.3 Å². The van der Waals surface area contributed by atoms with E-state index in [1.54, 1.807) is 13.0 Å². The monoisotopic (exact) mass is 211 g/mol. The molecule has 0 bridgehead atoms. The highest BCUT2D eigenvalue weighted by atomic mass is 16.5.